The maximum Gasteiger partial charge on any atom is 0.258 e. The first kappa shape index (κ1) is 12.9. The molecule has 4 nitrogen and oxygen atoms in total. The first-order valence-electron chi connectivity index (χ1n) is 5.05. The summed E-state index contributed by atoms with van der Waals surface area (Å²) >= 11 is 0. The second-order valence-electron chi connectivity index (χ2n) is 3.43. The molecule has 4 heteroatoms. The molecule has 0 aromatic heterocycles. The lowest BCUT2D eigenvalue weighted by molar-refractivity contribution is 0.0809. The number of terminal acetylenes is 1. The Morgan fingerprint density at radius 1 is 1.41 bits per heavy atom. The van der Waals surface area contributed by atoms with E-state index in [1.807, 2.05) is 0 Å². The van der Waals surface area contributed by atoms with E-state index in [-0.39, 0.29) is 12.5 Å². The molecule has 0 unspecified atom stereocenters. The predicted molar refractivity (Wildman–Crippen MR) is 65.3 cm³/mol. The van der Waals surface area contributed by atoms with Gasteiger partial charge in [-0.2, -0.15) is 0 Å². The van der Waals surface area contributed by atoms with Crippen LogP contribution >= 0.6 is 0 Å². The van der Waals surface area contributed by atoms with E-state index in [4.69, 9.17) is 15.9 Å². The fraction of sp³-hybridized carbons (Fsp3) is 0.308. The van der Waals surface area contributed by atoms with E-state index in [2.05, 4.69) is 5.92 Å². The molecule has 0 N–H and O–H groups in total. The van der Waals surface area contributed by atoms with Crippen LogP contribution in [-0.2, 0) is 0 Å². The average molecular weight is 233 g/mol. The van der Waals surface area contributed by atoms with Crippen molar-refractivity contribution in [2.45, 2.75) is 0 Å². The smallest absolute Gasteiger partial charge is 0.258 e. The molecule has 0 bridgehead atoms. The normalized spacial score (nSPS) is 9.29. The number of rotatable bonds is 4. The van der Waals surface area contributed by atoms with Crippen LogP contribution in [0.25, 0.3) is 0 Å². The maximum atomic E-state index is 12.1. The van der Waals surface area contributed by atoms with Crippen LogP contribution in [0.4, 0.5) is 0 Å². The van der Waals surface area contributed by atoms with Crippen LogP contribution < -0.4 is 9.47 Å². The van der Waals surface area contributed by atoms with Crippen LogP contribution in [0.2, 0.25) is 0 Å². The zero-order chi connectivity index (χ0) is 12.8. The summed E-state index contributed by atoms with van der Waals surface area (Å²) in [5, 5.41) is 0. The summed E-state index contributed by atoms with van der Waals surface area (Å²) in [6.07, 6.45) is 5.17. The lowest BCUT2D eigenvalue weighted by Gasteiger charge is -2.16. The van der Waals surface area contributed by atoms with E-state index in [9.17, 15) is 4.79 Å². The Hall–Kier alpha value is -2.15. The molecule has 1 amide bonds. The maximum absolute atomic E-state index is 12.1. The van der Waals surface area contributed by atoms with Gasteiger partial charge in [-0.25, -0.2) is 0 Å². The number of ether oxygens (including phenoxy) is 2. The molecule has 0 radical (unpaired) electrons. The van der Waals surface area contributed by atoms with E-state index in [1.54, 1.807) is 32.4 Å². The summed E-state index contributed by atoms with van der Waals surface area (Å²) in [6, 6.07) is 5.06. The van der Waals surface area contributed by atoms with Gasteiger partial charge in [-0.3, -0.25) is 4.79 Å². The zero-order valence-electron chi connectivity index (χ0n) is 10.2. The molecule has 17 heavy (non-hydrogen) atoms. The molecule has 0 fully saturated rings. The Morgan fingerprint density at radius 3 is 2.65 bits per heavy atom. The molecule has 0 atom stereocenters. The van der Waals surface area contributed by atoms with Crippen LogP contribution in [-0.4, -0.2) is 38.6 Å². The molecule has 0 heterocycles. The molecular weight excluding hydrogens is 218 g/mol. The van der Waals surface area contributed by atoms with Crippen LogP contribution in [0.15, 0.2) is 18.2 Å². The molecular formula is C13H15NO3. The van der Waals surface area contributed by atoms with Gasteiger partial charge in [0.2, 0.25) is 0 Å². The summed E-state index contributed by atoms with van der Waals surface area (Å²) in [6.45, 7) is 0.249. The number of methoxy groups -OCH3 is 2. The quantitative estimate of drug-likeness (QED) is 0.738. The summed E-state index contributed by atoms with van der Waals surface area (Å²) < 4.78 is 10.2. The van der Waals surface area contributed by atoms with Crippen molar-refractivity contribution in [3.05, 3.63) is 23.8 Å². The van der Waals surface area contributed by atoms with Gasteiger partial charge in [-0.15, -0.1) is 6.42 Å². The van der Waals surface area contributed by atoms with Gasteiger partial charge < -0.3 is 14.4 Å². The minimum absolute atomic E-state index is 0.196. The Balaban J connectivity index is 3.10. The summed E-state index contributed by atoms with van der Waals surface area (Å²) in [7, 11) is 4.70. The molecule has 0 aliphatic rings. The van der Waals surface area contributed by atoms with Crippen LogP contribution in [0, 0.1) is 12.3 Å². The number of hydrogen-bond acceptors (Lipinski definition) is 3. The van der Waals surface area contributed by atoms with Gasteiger partial charge in [0.1, 0.15) is 11.5 Å². The third-order valence-corrected chi connectivity index (χ3v) is 2.31. The number of benzene rings is 1. The minimum Gasteiger partial charge on any atom is -0.497 e. The van der Waals surface area contributed by atoms with E-state index in [1.165, 1.54) is 12.0 Å². The first-order valence-corrected chi connectivity index (χ1v) is 5.05. The van der Waals surface area contributed by atoms with Crippen molar-refractivity contribution < 1.29 is 14.3 Å². The van der Waals surface area contributed by atoms with Gasteiger partial charge in [0.05, 0.1) is 26.3 Å². The van der Waals surface area contributed by atoms with Crippen LogP contribution in [0.5, 0.6) is 11.5 Å². The third kappa shape index (κ3) is 2.91. The van der Waals surface area contributed by atoms with Crippen LogP contribution in [0.1, 0.15) is 10.4 Å². The van der Waals surface area contributed by atoms with Gasteiger partial charge in [-0.1, -0.05) is 5.92 Å². The van der Waals surface area contributed by atoms with Crippen molar-refractivity contribution in [1.82, 2.24) is 4.90 Å². The van der Waals surface area contributed by atoms with Gasteiger partial charge in [0.15, 0.2) is 0 Å². The molecule has 0 saturated carbocycles. The van der Waals surface area contributed by atoms with Crippen molar-refractivity contribution in [1.29, 1.82) is 0 Å². The largest absolute Gasteiger partial charge is 0.497 e. The minimum atomic E-state index is -0.196. The van der Waals surface area contributed by atoms with Crippen molar-refractivity contribution in [2.75, 3.05) is 27.8 Å². The highest BCUT2D eigenvalue weighted by molar-refractivity contribution is 5.97. The molecule has 0 aliphatic carbocycles. The summed E-state index contributed by atoms with van der Waals surface area (Å²) in [5.74, 6) is 3.32. The molecule has 0 aliphatic heterocycles. The van der Waals surface area contributed by atoms with Crippen molar-refractivity contribution in [3.63, 3.8) is 0 Å². The molecule has 1 rings (SSSR count). The highest BCUT2D eigenvalue weighted by Gasteiger charge is 2.16. The fourth-order valence-corrected chi connectivity index (χ4v) is 1.40. The van der Waals surface area contributed by atoms with Gasteiger partial charge in [-0.05, 0) is 18.2 Å². The SMILES string of the molecule is C#CCN(C)C(=O)c1cc(OC)ccc1OC. The summed E-state index contributed by atoms with van der Waals surface area (Å²) in [5.41, 5.74) is 0.435. The monoisotopic (exact) mass is 233 g/mol. The Bertz CT molecular complexity index is 448. The topological polar surface area (TPSA) is 38.8 Å². The standard InChI is InChI=1S/C13H15NO3/c1-5-8-14(2)13(15)11-9-10(16-3)6-7-12(11)17-4/h1,6-7,9H,8H2,2-4H3. The number of hydrogen-bond donors (Lipinski definition) is 0. The zero-order valence-corrected chi connectivity index (χ0v) is 10.2. The van der Waals surface area contributed by atoms with Crippen molar-refractivity contribution >= 4 is 5.91 Å². The van der Waals surface area contributed by atoms with Gasteiger partial charge in [0, 0.05) is 7.05 Å². The molecule has 1 aromatic carbocycles. The van der Waals surface area contributed by atoms with Crippen molar-refractivity contribution in [3.8, 4) is 23.8 Å². The number of carbonyl (C=O) groups is 1. The van der Waals surface area contributed by atoms with E-state index in [0.717, 1.165) is 0 Å². The van der Waals surface area contributed by atoms with E-state index < -0.39 is 0 Å². The lowest BCUT2D eigenvalue weighted by atomic mass is 10.1. The molecule has 90 valence electrons. The number of nitrogens with zero attached hydrogens (tertiary/aromatic N) is 1. The average Bonchev–Trinajstić information content (AvgIpc) is 2.37. The van der Waals surface area contributed by atoms with Crippen molar-refractivity contribution in [2.24, 2.45) is 0 Å². The predicted octanol–water partition coefficient (Wildman–Crippen LogP) is 1.41. The lowest BCUT2D eigenvalue weighted by Crippen LogP contribution is -2.27. The third-order valence-electron chi connectivity index (χ3n) is 2.31. The number of amides is 1. The second-order valence-corrected chi connectivity index (χ2v) is 3.43. The first-order chi connectivity index (χ1) is 8.13. The molecule has 0 spiro atoms. The second kappa shape index (κ2) is 5.80. The summed E-state index contributed by atoms with van der Waals surface area (Å²) in [4.78, 5) is 13.5. The Kier molecular flexibility index (Phi) is 4.41. The fourth-order valence-electron chi connectivity index (χ4n) is 1.40. The van der Waals surface area contributed by atoms with Crippen LogP contribution in [0.3, 0.4) is 0 Å². The Morgan fingerprint density at radius 2 is 2.12 bits per heavy atom. The van der Waals surface area contributed by atoms with Gasteiger partial charge >= 0.3 is 0 Å². The Labute approximate surface area is 101 Å². The van der Waals surface area contributed by atoms with E-state index >= 15 is 0 Å². The van der Waals surface area contributed by atoms with E-state index in [0.29, 0.717) is 17.1 Å². The van der Waals surface area contributed by atoms with Gasteiger partial charge in [0.25, 0.3) is 5.91 Å². The molecule has 0 saturated heterocycles. The molecule has 1 aromatic rings. The highest BCUT2D eigenvalue weighted by atomic mass is 16.5. The number of carbonyl (C=O) groups excluding carboxylic acids is 1. The highest BCUT2D eigenvalue weighted by Crippen LogP contribution is 2.24.